The van der Waals surface area contributed by atoms with Crippen LogP contribution in [0.25, 0.3) is 11.1 Å². The predicted octanol–water partition coefficient (Wildman–Crippen LogP) is 4.68. The molecule has 1 heterocycles. The van der Waals surface area contributed by atoms with Gasteiger partial charge in [-0.3, -0.25) is 14.8 Å². The van der Waals surface area contributed by atoms with Gasteiger partial charge in [0, 0.05) is 11.9 Å². The number of aromatic nitrogens is 1. The molecule has 0 bridgehead atoms. The van der Waals surface area contributed by atoms with Crippen LogP contribution in [0.3, 0.4) is 0 Å². The fourth-order valence-electron chi connectivity index (χ4n) is 2.90. The van der Waals surface area contributed by atoms with E-state index >= 15 is 0 Å². The largest absolute Gasteiger partial charge is 0.337 e. The Morgan fingerprint density at radius 2 is 1.76 bits per heavy atom. The Morgan fingerprint density at radius 1 is 1.07 bits per heavy atom. The van der Waals surface area contributed by atoms with Gasteiger partial charge in [-0.1, -0.05) is 35.0 Å². The molecule has 0 spiro atoms. The molecule has 0 radical (unpaired) electrons. The zero-order valence-corrected chi connectivity index (χ0v) is 17.9. The van der Waals surface area contributed by atoms with Crippen molar-refractivity contribution in [3.05, 3.63) is 58.2 Å². The van der Waals surface area contributed by atoms with Crippen LogP contribution in [0.1, 0.15) is 23.7 Å². The molecule has 7 nitrogen and oxygen atoms in total. The van der Waals surface area contributed by atoms with E-state index in [1.165, 1.54) is 13.0 Å². The number of nitrogens with zero attached hydrogens (tertiary/aromatic N) is 1. The Bertz CT molecular complexity index is 1200. The van der Waals surface area contributed by atoms with Crippen LogP contribution >= 0.6 is 11.6 Å². The maximum absolute atomic E-state index is 13.1. The number of rotatable bonds is 5. The number of hydrogen-bond acceptors (Lipinski definition) is 5. The van der Waals surface area contributed by atoms with Gasteiger partial charge in [0.05, 0.1) is 21.8 Å². The molecule has 9 heteroatoms. The number of halogens is 1. The summed E-state index contributed by atoms with van der Waals surface area (Å²) < 4.78 is 34.0. The molecule has 0 fully saturated rings. The predicted molar refractivity (Wildman–Crippen MR) is 113 cm³/mol. The minimum absolute atomic E-state index is 0.101. The van der Waals surface area contributed by atoms with Gasteiger partial charge >= 0.3 is 0 Å². The van der Waals surface area contributed by atoms with E-state index in [0.29, 0.717) is 33.1 Å². The first-order valence-corrected chi connectivity index (χ1v) is 10.6. The van der Waals surface area contributed by atoms with E-state index in [-0.39, 0.29) is 16.7 Å². The number of carbonyl (C=O) groups is 1. The van der Waals surface area contributed by atoms with Crippen LogP contribution in [0.5, 0.6) is 0 Å². The maximum atomic E-state index is 13.1. The number of aryl methyl sites for hydroxylation is 3. The van der Waals surface area contributed by atoms with Crippen molar-refractivity contribution in [1.29, 1.82) is 0 Å². The van der Waals surface area contributed by atoms with Crippen LogP contribution in [0.4, 0.5) is 11.6 Å². The van der Waals surface area contributed by atoms with E-state index in [1.807, 2.05) is 0 Å². The lowest BCUT2D eigenvalue weighted by molar-refractivity contribution is -0.114. The van der Waals surface area contributed by atoms with Crippen LogP contribution in [0.2, 0.25) is 5.02 Å². The second-order valence-electron chi connectivity index (χ2n) is 6.70. The first kappa shape index (κ1) is 20.9. The standard InChI is InChI=1S/C20H20ClN3O4S/c1-11-6-8-16(21)10-17(11)24-29(26,27)18-9-15(7-5-12(18)2)19-13(3)23-28-20(19)22-14(4)25/h5-10,24H,1-4H3,(H,22,25). The van der Waals surface area contributed by atoms with Crippen LogP contribution in [-0.2, 0) is 14.8 Å². The Balaban J connectivity index is 2.07. The molecular weight excluding hydrogens is 414 g/mol. The van der Waals surface area contributed by atoms with E-state index in [1.54, 1.807) is 51.1 Å². The van der Waals surface area contributed by atoms with Crippen LogP contribution in [-0.4, -0.2) is 19.5 Å². The average molecular weight is 434 g/mol. The highest BCUT2D eigenvalue weighted by Crippen LogP contribution is 2.34. The van der Waals surface area contributed by atoms with E-state index in [2.05, 4.69) is 15.2 Å². The summed E-state index contributed by atoms with van der Waals surface area (Å²) in [5.74, 6) is -0.152. The number of hydrogen-bond donors (Lipinski definition) is 2. The van der Waals surface area contributed by atoms with E-state index in [9.17, 15) is 13.2 Å². The lowest BCUT2D eigenvalue weighted by Gasteiger charge is -2.14. The number of carbonyl (C=O) groups excluding carboxylic acids is 1. The molecule has 0 unspecified atom stereocenters. The monoisotopic (exact) mass is 433 g/mol. The zero-order valence-electron chi connectivity index (χ0n) is 16.3. The summed E-state index contributed by atoms with van der Waals surface area (Å²) in [7, 11) is -3.89. The van der Waals surface area contributed by atoms with Crippen LogP contribution in [0, 0.1) is 20.8 Å². The third-order valence-electron chi connectivity index (χ3n) is 4.36. The van der Waals surface area contributed by atoms with E-state index in [4.69, 9.17) is 16.1 Å². The van der Waals surface area contributed by atoms with Gasteiger partial charge < -0.3 is 4.52 Å². The minimum atomic E-state index is -3.89. The van der Waals surface area contributed by atoms with Crippen LogP contribution < -0.4 is 10.0 Å². The summed E-state index contributed by atoms with van der Waals surface area (Å²) >= 11 is 6.01. The van der Waals surface area contributed by atoms with E-state index < -0.39 is 10.0 Å². The summed E-state index contributed by atoms with van der Waals surface area (Å²) in [5.41, 5.74) is 3.32. The molecular formula is C20H20ClN3O4S. The van der Waals surface area contributed by atoms with Crippen LogP contribution in [0.15, 0.2) is 45.8 Å². The molecule has 1 aromatic heterocycles. The number of benzene rings is 2. The molecule has 0 atom stereocenters. The summed E-state index contributed by atoms with van der Waals surface area (Å²) in [5, 5.41) is 6.88. The molecule has 3 aromatic rings. The number of nitrogens with one attached hydrogen (secondary N) is 2. The number of amides is 1. The second kappa shape index (κ2) is 7.88. The van der Waals surface area contributed by atoms with Crippen molar-refractivity contribution < 1.29 is 17.7 Å². The molecule has 2 N–H and O–H groups in total. The minimum Gasteiger partial charge on any atom is -0.337 e. The van der Waals surface area contributed by atoms with Gasteiger partial charge in [0.25, 0.3) is 10.0 Å². The Labute approximate surface area is 174 Å². The Kier molecular flexibility index (Phi) is 5.68. The fourth-order valence-corrected chi connectivity index (χ4v) is 4.47. The molecule has 0 aliphatic heterocycles. The third kappa shape index (κ3) is 4.44. The highest BCUT2D eigenvalue weighted by atomic mass is 35.5. The van der Waals surface area contributed by atoms with Gasteiger partial charge in [0.1, 0.15) is 0 Å². The molecule has 1 amide bonds. The average Bonchev–Trinajstić information content (AvgIpc) is 2.98. The van der Waals surface area contributed by atoms with E-state index in [0.717, 1.165) is 5.56 Å². The maximum Gasteiger partial charge on any atom is 0.262 e. The summed E-state index contributed by atoms with van der Waals surface area (Å²) in [6.07, 6.45) is 0. The summed E-state index contributed by atoms with van der Waals surface area (Å²) in [6.45, 7) is 6.56. The smallest absolute Gasteiger partial charge is 0.262 e. The molecule has 0 aliphatic rings. The quantitative estimate of drug-likeness (QED) is 0.608. The van der Waals surface area contributed by atoms with Gasteiger partial charge in [-0.2, -0.15) is 0 Å². The summed E-state index contributed by atoms with van der Waals surface area (Å²) in [4.78, 5) is 11.5. The van der Waals surface area contributed by atoms with Crippen molar-refractivity contribution >= 4 is 39.1 Å². The van der Waals surface area contributed by atoms with Crippen molar-refractivity contribution in [1.82, 2.24) is 5.16 Å². The SMILES string of the molecule is CC(=O)Nc1onc(C)c1-c1ccc(C)c(S(=O)(=O)Nc2cc(Cl)ccc2C)c1. The Morgan fingerprint density at radius 3 is 2.45 bits per heavy atom. The lowest BCUT2D eigenvalue weighted by Crippen LogP contribution is -2.15. The highest BCUT2D eigenvalue weighted by Gasteiger charge is 2.22. The number of anilines is 2. The van der Waals surface area contributed by atoms with Crippen molar-refractivity contribution in [2.45, 2.75) is 32.6 Å². The first-order valence-electron chi connectivity index (χ1n) is 8.72. The van der Waals surface area contributed by atoms with Crippen molar-refractivity contribution in [3.63, 3.8) is 0 Å². The molecule has 29 heavy (non-hydrogen) atoms. The van der Waals surface area contributed by atoms with Crippen molar-refractivity contribution in [2.24, 2.45) is 0 Å². The Hall–Kier alpha value is -2.84. The number of sulfonamides is 1. The van der Waals surface area contributed by atoms with Gasteiger partial charge in [-0.15, -0.1) is 0 Å². The zero-order chi connectivity index (χ0) is 21.3. The normalized spacial score (nSPS) is 11.3. The topological polar surface area (TPSA) is 101 Å². The third-order valence-corrected chi connectivity index (χ3v) is 6.11. The molecule has 152 valence electrons. The molecule has 2 aromatic carbocycles. The fraction of sp³-hybridized carbons (Fsp3) is 0.200. The molecule has 0 aliphatic carbocycles. The van der Waals surface area contributed by atoms with Gasteiger partial charge in [-0.25, -0.2) is 8.42 Å². The van der Waals surface area contributed by atoms with Gasteiger partial charge in [0.2, 0.25) is 11.8 Å². The van der Waals surface area contributed by atoms with Gasteiger partial charge in [-0.05, 0) is 55.7 Å². The molecule has 3 rings (SSSR count). The molecule has 0 saturated heterocycles. The lowest BCUT2D eigenvalue weighted by atomic mass is 10.0. The van der Waals surface area contributed by atoms with Gasteiger partial charge in [0.15, 0.2) is 0 Å². The van der Waals surface area contributed by atoms with Crippen molar-refractivity contribution in [3.8, 4) is 11.1 Å². The van der Waals surface area contributed by atoms with Crippen molar-refractivity contribution in [2.75, 3.05) is 10.0 Å². The summed E-state index contributed by atoms with van der Waals surface area (Å²) in [6, 6.07) is 9.97. The first-order chi connectivity index (χ1) is 13.6. The molecule has 0 saturated carbocycles. The highest BCUT2D eigenvalue weighted by molar-refractivity contribution is 7.92. The second-order valence-corrected chi connectivity index (χ2v) is 8.79.